The van der Waals surface area contributed by atoms with Crippen LogP contribution in [0, 0.1) is 0 Å². The molecule has 1 aromatic heterocycles. The summed E-state index contributed by atoms with van der Waals surface area (Å²) in [4.78, 5) is 48.6. The molecule has 10 heteroatoms. The molecule has 0 aliphatic heterocycles. The zero-order valence-electron chi connectivity index (χ0n) is 18.6. The van der Waals surface area contributed by atoms with E-state index < -0.39 is 36.4 Å². The fraction of sp³-hybridized carbons (Fsp3) is 0.200. The molecule has 1 heterocycles. The summed E-state index contributed by atoms with van der Waals surface area (Å²) in [5, 5.41) is 15.6. The van der Waals surface area contributed by atoms with Crippen molar-refractivity contribution in [2.75, 3.05) is 19.0 Å². The zero-order chi connectivity index (χ0) is 24.9. The first kappa shape index (κ1) is 24.0. The van der Waals surface area contributed by atoms with Crippen molar-refractivity contribution in [2.45, 2.75) is 18.4 Å². The van der Waals surface area contributed by atoms with E-state index in [0.717, 1.165) is 33.6 Å². The molecule has 0 radical (unpaired) electrons. The Morgan fingerprint density at radius 1 is 1.00 bits per heavy atom. The van der Waals surface area contributed by atoms with Crippen molar-refractivity contribution >= 4 is 41.0 Å². The summed E-state index contributed by atoms with van der Waals surface area (Å²) in [5.41, 5.74) is 4.34. The quantitative estimate of drug-likeness (QED) is 0.405. The van der Waals surface area contributed by atoms with Gasteiger partial charge in [0.2, 0.25) is 5.91 Å². The first-order chi connectivity index (χ1) is 16.9. The van der Waals surface area contributed by atoms with E-state index in [9.17, 15) is 24.3 Å². The molecule has 0 fully saturated rings. The molecule has 0 bridgehead atoms. The summed E-state index contributed by atoms with van der Waals surface area (Å²) in [6.45, 7) is 0.0122. The summed E-state index contributed by atoms with van der Waals surface area (Å²) < 4.78 is 10.1. The number of esters is 1. The predicted molar refractivity (Wildman–Crippen MR) is 129 cm³/mol. The molecule has 9 nitrogen and oxygen atoms in total. The molecule has 2 amide bonds. The third-order valence-corrected chi connectivity index (χ3v) is 6.52. The Morgan fingerprint density at radius 2 is 1.63 bits per heavy atom. The van der Waals surface area contributed by atoms with Crippen molar-refractivity contribution < 1.29 is 33.8 Å². The van der Waals surface area contributed by atoms with E-state index in [1.54, 1.807) is 5.38 Å². The summed E-state index contributed by atoms with van der Waals surface area (Å²) in [6, 6.07) is 15.7. The molecule has 3 aromatic rings. The first-order valence-electron chi connectivity index (χ1n) is 10.7. The Morgan fingerprint density at radius 3 is 2.23 bits per heavy atom. The van der Waals surface area contributed by atoms with Gasteiger partial charge in [0.05, 0.1) is 19.2 Å². The average Bonchev–Trinajstić information content (AvgIpc) is 3.44. The van der Waals surface area contributed by atoms with Crippen LogP contribution < -0.4 is 10.6 Å². The number of nitrogens with one attached hydrogen (secondary N) is 2. The van der Waals surface area contributed by atoms with E-state index in [1.807, 2.05) is 48.5 Å². The number of carboxylic acid groups (broad SMARTS) is 1. The molecule has 1 aliphatic carbocycles. The number of thiophene rings is 1. The number of methoxy groups -OCH3 is 1. The summed E-state index contributed by atoms with van der Waals surface area (Å²) in [6.07, 6.45) is -1.60. The third-order valence-electron chi connectivity index (χ3n) is 5.62. The lowest BCUT2D eigenvalue weighted by atomic mass is 9.98. The number of ether oxygens (including phenoxy) is 2. The van der Waals surface area contributed by atoms with E-state index in [-0.39, 0.29) is 23.1 Å². The highest BCUT2D eigenvalue weighted by molar-refractivity contribution is 7.12. The molecule has 1 atom stereocenters. The fourth-order valence-electron chi connectivity index (χ4n) is 4.04. The molecule has 3 N–H and O–H groups in total. The molecule has 2 aromatic carbocycles. The van der Waals surface area contributed by atoms with Crippen LogP contribution in [-0.4, -0.2) is 48.8 Å². The van der Waals surface area contributed by atoms with Gasteiger partial charge in [-0.3, -0.25) is 9.59 Å². The van der Waals surface area contributed by atoms with Crippen molar-refractivity contribution in [3.8, 4) is 11.1 Å². The highest BCUT2D eigenvalue weighted by Gasteiger charge is 2.30. The van der Waals surface area contributed by atoms with Gasteiger partial charge in [0.1, 0.15) is 17.5 Å². The molecule has 1 aliphatic rings. The molecular formula is C25H22N2O7S. The largest absolute Gasteiger partial charge is 0.481 e. The maximum atomic E-state index is 12.7. The molecule has 0 saturated carbocycles. The van der Waals surface area contributed by atoms with Crippen LogP contribution in [0.3, 0.4) is 0 Å². The van der Waals surface area contributed by atoms with Crippen molar-refractivity contribution in [2.24, 2.45) is 0 Å². The number of carboxylic acids is 1. The highest BCUT2D eigenvalue weighted by atomic mass is 32.1. The molecule has 35 heavy (non-hydrogen) atoms. The van der Waals surface area contributed by atoms with Gasteiger partial charge >= 0.3 is 18.0 Å². The van der Waals surface area contributed by atoms with Crippen molar-refractivity contribution in [1.29, 1.82) is 0 Å². The van der Waals surface area contributed by atoms with Crippen LogP contribution in [0.1, 0.15) is 33.1 Å². The van der Waals surface area contributed by atoms with Crippen LogP contribution in [0.25, 0.3) is 11.1 Å². The molecular weight excluding hydrogens is 472 g/mol. The molecule has 4 rings (SSSR count). The minimum absolute atomic E-state index is 0.0122. The van der Waals surface area contributed by atoms with E-state index in [0.29, 0.717) is 0 Å². The number of amides is 2. The second-order valence-corrected chi connectivity index (χ2v) is 8.68. The van der Waals surface area contributed by atoms with Gasteiger partial charge in [0.15, 0.2) is 0 Å². The topological polar surface area (TPSA) is 131 Å². The molecule has 0 saturated heterocycles. The average molecular weight is 495 g/mol. The Kier molecular flexibility index (Phi) is 7.11. The number of fused-ring (bicyclic) bond motifs is 3. The van der Waals surface area contributed by atoms with Crippen LogP contribution in [-0.2, 0) is 19.1 Å². The lowest BCUT2D eigenvalue weighted by Crippen LogP contribution is -2.45. The van der Waals surface area contributed by atoms with Gasteiger partial charge in [-0.05, 0) is 33.7 Å². The van der Waals surface area contributed by atoms with Crippen molar-refractivity contribution in [3.63, 3.8) is 0 Å². The second-order valence-electron chi connectivity index (χ2n) is 7.76. The van der Waals surface area contributed by atoms with Crippen molar-refractivity contribution in [3.05, 3.63) is 76.0 Å². The summed E-state index contributed by atoms with van der Waals surface area (Å²) in [5.74, 6) is -2.92. The Labute approximate surface area is 204 Å². The summed E-state index contributed by atoms with van der Waals surface area (Å²) in [7, 11) is 1.21. The minimum Gasteiger partial charge on any atom is -0.481 e. The van der Waals surface area contributed by atoms with Crippen molar-refractivity contribution in [1.82, 2.24) is 5.32 Å². The van der Waals surface area contributed by atoms with Gasteiger partial charge in [0.25, 0.3) is 0 Å². The Bertz CT molecular complexity index is 1240. The van der Waals surface area contributed by atoms with Gasteiger partial charge in [-0.2, -0.15) is 0 Å². The second kappa shape index (κ2) is 10.4. The maximum Gasteiger partial charge on any atom is 0.407 e. The maximum absolute atomic E-state index is 12.7. The first-order valence-corrected chi connectivity index (χ1v) is 11.6. The molecule has 0 spiro atoms. The number of carbonyl (C=O) groups is 4. The monoisotopic (exact) mass is 494 g/mol. The van der Waals surface area contributed by atoms with E-state index >= 15 is 0 Å². The third kappa shape index (κ3) is 5.17. The van der Waals surface area contributed by atoms with Gasteiger partial charge in [-0.15, -0.1) is 11.3 Å². The van der Waals surface area contributed by atoms with E-state index in [1.165, 1.54) is 13.2 Å². The van der Waals surface area contributed by atoms with Crippen LogP contribution in [0.15, 0.2) is 60.0 Å². The number of hydrogen-bond donors (Lipinski definition) is 3. The smallest absolute Gasteiger partial charge is 0.407 e. The Balaban J connectivity index is 1.43. The predicted octanol–water partition coefficient (Wildman–Crippen LogP) is 3.86. The van der Waals surface area contributed by atoms with Gasteiger partial charge in [0, 0.05) is 5.92 Å². The number of rotatable bonds is 8. The number of benzene rings is 2. The van der Waals surface area contributed by atoms with Gasteiger partial charge < -0.3 is 25.2 Å². The lowest BCUT2D eigenvalue weighted by Gasteiger charge is -2.18. The Hall–Kier alpha value is -4.18. The van der Waals surface area contributed by atoms with Crippen LogP contribution in [0.4, 0.5) is 10.5 Å². The van der Waals surface area contributed by atoms with Gasteiger partial charge in [-0.25, -0.2) is 9.59 Å². The highest BCUT2D eigenvalue weighted by Crippen LogP contribution is 2.44. The minimum atomic E-state index is -1.42. The fourth-order valence-corrected chi connectivity index (χ4v) is 4.81. The zero-order valence-corrected chi connectivity index (χ0v) is 19.5. The van der Waals surface area contributed by atoms with Crippen LogP contribution in [0.2, 0.25) is 0 Å². The number of alkyl carbamates (subject to hydrolysis) is 1. The molecule has 1 unspecified atom stereocenters. The number of carbonyl (C=O) groups excluding carboxylic acids is 3. The van der Waals surface area contributed by atoms with E-state index in [2.05, 4.69) is 15.4 Å². The normalized spacial score (nSPS) is 12.7. The van der Waals surface area contributed by atoms with Crippen LogP contribution in [0.5, 0.6) is 0 Å². The SMILES string of the molecule is COC(=O)c1sccc1NC(=O)C(CC(=O)O)NC(=O)OCC1c2ccccc2-c2ccccc21. The number of anilines is 1. The van der Waals surface area contributed by atoms with E-state index in [4.69, 9.17) is 4.74 Å². The molecule has 180 valence electrons. The standard InChI is InChI=1S/C25H22N2O7S/c1-33-24(31)22-19(10-11-35-22)26-23(30)20(12-21(28)29)27-25(32)34-13-18-16-8-4-2-6-14(16)15-7-3-5-9-17(15)18/h2-11,18,20H,12-13H2,1H3,(H,26,30)(H,27,32)(H,28,29). The van der Waals surface area contributed by atoms with Crippen LogP contribution >= 0.6 is 11.3 Å². The van der Waals surface area contributed by atoms with Gasteiger partial charge in [-0.1, -0.05) is 48.5 Å². The summed E-state index contributed by atoms with van der Waals surface area (Å²) >= 11 is 1.06. The number of hydrogen-bond acceptors (Lipinski definition) is 7. The lowest BCUT2D eigenvalue weighted by molar-refractivity contribution is -0.139. The number of aliphatic carboxylic acids is 1.